The molecule has 3 nitrogen and oxygen atoms in total. The molecular weight excluding hydrogens is 335 g/mol. The average molecular weight is 347 g/mol. The van der Waals surface area contributed by atoms with Gasteiger partial charge in [-0.15, -0.1) is 0 Å². The molecule has 5 heteroatoms. The van der Waals surface area contributed by atoms with Crippen LogP contribution in [0, 0.1) is 12.7 Å². The Morgan fingerprint density at radius 3 is 2.52 bits per heavy atom. The molecule has 0 bridgehead atoms. The van der Waals surface area contributed by atoms with Gasteiger partial charge in [-0.25, -0.2) is 4.39 Å². The van der Waals surface area contributed by atoms with E-state index in [1.54, 1.807) is 12.1 Å². The topological polar surface area (TPSA) is 52.0 Å². The molecule has 2 aromatic carbocycles. The summed E-state index contributed by atoms with van der Waals surface area (Å²) >= 11 is 3.53. The van der Waals surface area contributed by atoms with E-state index in [-0.39, 0.29) is 11.7 Å². The second kappa shape index (κ2) is 5.33. The summed E-state index contributed by atoms with van der Waals surface area (Å²) in [6, 6.07) is 12.0. The van der Waals surface area contributed by atoms with Crippen molar-refractivity contribution in [2.45, 2.75) is 6.92 Å². The summed E-state index contributed by atoms with van der Waals surface area (Å²) in [7, 11) is 0. The minimum absolute atomic E-state index is 0.212. The zero-order valence-corrected chi connectivity index (χ0v) is 12.8. The molecule has 0 atom stereocenters. The molecule has 0 radical (unpaired) electrons. The molecule has 3 rings (SSSR count). The molecule has 3 aromatic rings. The van der Waals surface area contributed by atoms with Gasteiger partial charge in [0.15, 0.2) is 0 Å². The molecule has 0 spiro atoms. The van der Waals surface area contributed by atoms with E-state index in [2.05, 4.69) is 21.1 Å². The molecule has 0 saturated carbocycles. The largest absolute Gasteiger partial charge is 0.367 e. The van der Waals surface area contributed by atoms with Crippen molar-refractivity contribution < 1.29 is 8.91 Å². The Kier molecular flexibility index (Phi) is 3.51. The van der Waals surface area contributed by atoms with E-state index in [0.29, 0.717) is 11.3 Å². The van der Waals surface area contributed by atoms with Crippen LogP contribution in [0.5, 0.6) is 0 Å². The maximum absolute atomic E-state index is 13.1. The van der Waals surface area contributed by atoms with Crippen LogP contribution in [0.4, 0.5) is 10.3 Å². The molecule has 0 amide bonds. The van der Waals surface area contributed by atoms with Gasteiger partial charge in [-0.2, -0.15) is 0 Å². The maximum atomic E-state index is 13.1. The van der Waals surface area contributed by atoms with Crippen molar-refractivity contribution >= 4 is 21.8 Å². The lowest BCUT2D eigenvalue weighted by molar-refractivity contribution is 0.439. The third-order valence-electron chi connectivity index (χ3n) is 3.23. The summed E-state index contributed by atoms with van der Waals surface area (Å²) in [5.41, 5.74) is 9.95. The molecule has 0 aliphatic carbocycles. The van der Waals surface area contributed by atoms with Crippen molar-refractivity contribution in [3.63, 3.8) is 0 Å². The zero-order chi connectivity index (χ0) is 15.0. The first-order valence-electron chi connectivity index (χ1n) is 6.34. The second-order valence-electron chi connectivity index (χ2n) is 4.76. The van der Waals surface area contributed by atoms with Crippen molar-refractivity contribution in [2.24, 2.45) is 0 Å². The lowest BCUT2D eigenvalue weighted by Gasteiger charge is -2.06. The molecule has 0 saturated heterocycles. The highest BCUT2D eigenvalue weighted by Gasteiger charge is 2.19. The maximum Gasteiger partial charge on any atom is 0.230 e. The van der Waals surface area contributed by atoms with Crippen LogP contribution in [0.1, 0.15) is 5.56 Å². The molecule has 1 aromatic heterocycles. The monoisotopic (exact) mass is 346 g/mol. The Morgan fingerprint density at radius 2 is 1.86 bits per heavy atom. The van der Waals surface area contributed by atoms with Gasteiger partial charge in [0.1, 0.15) is 11.5 Å². The Hall–Kier alpha value is -2.14. The van der Waals surface area contributed by atoms with Crippen molar-refractivity contribution in [3.8, 4) is 22.4 Å². The van der Waals surface area contributed by atoms with Crippen molar-refractivity contribution in [3.05, 3.63) is 58.3 Å². The predicted molar refractivity (Wildman–Crippen MR) is 84.2 cm³/mol. The van der Waals surface area contributed by atoms with Crippen molar-refractivity contribution in [1.29, 1.82) is 0 Å². The van der Waals surface area contributed by atoms with E-state index in [4.69, 9.17) is 10.3 Å². The van der Waals surface area contributed by atoms with Gasteiger partial charge in [0.2, 0.25) is 5.88 Å². The Morgan fingerprint density at radius 1 is 1.14 bits per heavy atom. The molecule has 0 aliphatic heterocycles. The number of rotatable bonds is 2. The van der Waals surface area contributed by atoms with Gasteiger partial charge >= 0.3 is 0 Å². The Bertz CT molecular complexity index is 797. The molecule has 2 N–H and O–H groups in total. The zero-order valence-electron chi connectivity index (χ0n) is 11.2. The van der Waals surface area contributed by atoms with Gasteiger partial charge in [0, 0.05) is 10.0 Å². The highest BCUT2D eigenvalue weighted by atomic mass is 79.9. The van der Waals surface area contributed by atoms with Gasteiger partial charge in [-0.05, 0) is 36.2 Å². The van der Waals surface area contributed by atoms with E-state index in [1.807, 2.05) is 25.1 Å². The van der Waals surface area contributed by atoms with Gasteiger partial charge in [-0.3, -0.25) is 0 Å². The average Bonchev–Trinajstić information content (AvgIpc) is 2.82. The minimum Gasteiger partial charge on any atom is -0.367 e. The fourth-order valence-electron chi connectivity index (χ4n) is 2.19. The van der Waals surface area contributed by atoms with E-state index >= 15 is 0 Å². The highest BCUT2D eigenvalue weighted by Crippen LogP contribution is 2.39. The highest BCUT2D eigenvalue weighted by molar-refractivity contribution is 9.10. The van der Waals surface area contributed by atoms with Crippen LogP contribution >= 0.6 is 15.9 Å². The van der Waals surface area contributed by atoms with Crippen LogP contribution in [-0.4, -0.2) is 5.16 Å². The Balaban J connectivity index is 2.19. The molecule has 21 heavy (non-hydrogen) atoms. The van der Waals surface area contributed by atoms with Gasteiger partial charge in [0.25, 0.3) is 0 Å². The van der Waals surface area contributed by atoms with Gasteiger partial charge in [-0.1, -0.05) is 45.4 Å². The summed E-state index contributed by atoms with van der Waals surface area (Å²) in [5.74, 6) is -0.0871. The lowest BCUT2D eigenvalue weighted by Crippen LogP contribution is -1.89. The number of nitrogen functional groups attached to an aromatic ring is 1. The summed E-state index contributed by atoms with van der Waals surface area (Å²) in [6.45, 7) is 2.01. The SMILES string of the molecule is Cc1ccc(-c2noc(N)c2-c2ccc(F)cc2)c(Br)c1. The van der Waals surface area contributed by atoms with Crippen LogP contribution in [0.15, 0.2) is 51.5 Å². The molecular formula is C16H12BrFN2O. The molecule has 0 fully saturated rings. The standard InChI is InChI=1S/C16H12BrFN2O/c1-9-2-7-12(13(17)8-9)15-14(16(19)21-20-15)10-3-5-11(18)6-4-10/h2-8H,19H2,1H3. The van der Waals surface area contributed by atoms with Crippen molar-refractivity contribution in [2.75, 3.05) is 5.73 Å². The van der Waals surface area contributed by atoms with Crippen molar-refractivity contribution in [1.82, 2.24) is 5.16 Å². The number of halogens is 2. The predicted octanol–water partition coefficient (Wildman–Crippen LogP) is 4.80. The van der Waals surface area contributed by atoms with Crippen LogP contribution in [0.2, 0.25) is 0 Å². The third-order valence-corrected chi connectivity index (χ3v) is 3.89. The number of nitrogens with two attached hydrogens (primary N) is 1. The number of benzene rings is 2. The minimum atomic E-state index is -0.299. The van der Waals surface area contributed by atoms with Crippen LogP contribution < -0.4 is 5.73 Å². The normalized spacial score (nSPS) is 10.8. The Labute approximate surface area is 129 Å². The van der Waals surface area contributed by atoms with E-state index in [0.717, 1.165) is 21.2 Å². The first-order valence-corrected chi connectivity index (χ1v) is 7.13. The lowest BCUT2D eigenvalue weighted by atomic mass is 10.0. The molecule has 0 aliphatic rings. The van der Waals surface area contributed by atoms with Gasteiger partial charge in [0.05, 0.1) is 5.56 Å². The summed E-state index contributed by atoms with van der Waals surface area (Å²) in [5, 5.41) is 4.05. The number of aromatic nitrogens is 1. The first kappa shape index (κ1) is 13.8. The fraction of sp³-hybridized carbons (Fsp3) is 0.0625. The van der Waals surface area contributed by atoms with E-state index in [1.165, 1.54) is 12.1 Å². The number of hydrogen-bond acceptors (Lipinski definition) is 3. The molecule has 1 heterocycles. The quantitative estimate of drug-likeness (QED) is 0.724. The summed E-state index contributed by atoms with van der Waals surface area (Å²) in [4.78, 5) is 0. The first-order chi connectivity index (χ1) is 10.1. The van der Waals surface area contributed by atoms with E-state index in [9.17, 15) is 4.39 Å². The summed E-state index contributed by atoms with van der Waals surface area (Å²) < 4.78 is 19.1. The number of hydrogen-bond donors (Lipinski definition) is 1. The number of aryl methyl sites for hydroxylation is 1. The number of nitrogens with zero attached hydrogens (tertiary/aromatic N) is 1. The fourth-order valence-corrected chi connectivity index (χ4v) is 2.88. The second-order valence-corrected chi connectivity index (χ2v) is 5.61. The van der Waals surface area contributed by atoms with Gasteiger partial charge < -0.3 is 10.3 Å². The summed E-state index contributed by atoms with van der Waals surface area (Å²) in [6.07, 6.45) is 0. The van der Waals surface area contributed by atoms with Crippen LogP contribution in [-0.2, 0) is 0 Å². The number of anilines is 1. The van der Waals surface area contributed by atoms with Crippen LogP contribution in [0.3, 0.4) is 0 Å². The molecule has 0 unspecified atom stereocenters. The third kappa shape index (κ3) is 2.56. The molecule has 106 valence electrons. The van der Waals surface area contributed by atoms with Crippen LogP contribution in [0.25, 0.3) is 22.4 Å². The smallest absolute Gasteiger partial charge is 0.230 e. The van der Waals surface area contributed by atoms with E-state index < -0.39 is 0 Å².